The van der Waals surface area contributed by atoms with Crippen LogP contribution in [0.5, 0.6) is 0 Å². The number of ether oxygens (including phenoxy) is 2. The highest BCUT2D eigenvalue weighted by Gasteiger charge is 2.65. The van der Waals surface area contributed by atoms with Crippen molar-refractivity contribution in [3.05, 3.63) is 34.9 Å². The van der Waals surface area contributed by atoms with Crippen LogP contribution in [0.25, 0.3) is 0 Å². The third-order valence-electron chi connectivity index (χ3n) is 5.40. The maximum atomic E-state index is 13.1. The maximum Gasteiger partial charge on any atom is 0.248 e. The first-order chi connectivity index (χ1) is 12.3. The molecule has 1 aromatic rings. The summed E-state index contributed by atoms with van der Waals surface area (Å²) < 4.78 is 38.7. The Labute approximate surface area is 157 Å². The van der Waals surface area contributed by atoms with Gasteiger partial charge in [-0.2, -0.15) is 4.31 Å². The van der Waals surface area contributed by atoms with Gasteiger partial charge in [0.25, 0.3) is 0 Å². The van der Waals surface area contributed by atoms with E-state index in [4.69, 9.17) is 21.1 Å². The summed E-state index contributed by atoms with van der Waals surface area (Å²) in [7, 11) is -2.02. The minimum Gasteiger partial charge on any atom is -0.375 e. The number of halogens is 1. The highest BCUT2D eigenvalue weighted by atomic mass is 35.5. The maximum absolute atomic E-state index is 13.1. The smallest absolute Gasteiger partial charge is 0.248 e. The Morgan fingerprint density at radius 2 is 2.08 bits per heavy atom. The van der Waals surface area contributed by atoms with Gasteiger partial charge in [0.05, 0.1) is 12.6 Å². The van der Waals surface area contributed by atoms with E-state index in [-0.39, 0.29) is 38.3 Å². The summed E-state index contributed by atoms with van der Waals surface area (Å²) in [4.78, 5) is 13.9. The Morgan fingerprint density at radius 3 is 2.77 bits per heavy atom. The van der Waals surface area contributed by atoms with Crippen LogP contribution in [-0.2, 0) is 30.8 Å². The topological polar surface area (TPSA) is 76.2 Å². The third-order valence-corrected chi connectivity index (χ3v) is 7.97. The first kappa shape index (κ1) is 18.2. The molecule has 1 spiro atoms. The molecule has 2 bridgehead atoms. The van der Waals surface area contributed by atoms with E-state index in [1.807, 2.05) is 12.1 Å². The molecule has 3 saturated heterocycles. The first-order valence-electron chi connectivity index (χ1n) is 8.52. The second kappa shape index (κ2) is 6.45. The van der Waals surface area contributed by atoms with E-state index >= 15 is 0 Å². The number of rotatable bonds is 4. The van der Waals surface area contributed by atoms with Crippen LogP contribution in [0.4, 0.5) is 0 Å². The Hall–Kier alpha value is -1.19. The Balaban J connectivity index is 1.57. The predicted molar refractivity (Wildman–Crippen MR) is 95.2 cm³/mol. The molecule has 142 valence electrons. The highest BCUT2D eigenvalue weighted by molar-refractivity contribution is 7.90. The minimum absolute atomic E-state index is 0.00525. The summed E-state index contributed by atoms with van der Waals surface area (Å²) in [6, 6.07) is 7.14. The number of amides is 1. The molecule has 0 aromatic heterocycles. The van der Waals surface area contributed by atoms with Crippen molar-refractivity contribution in [1.29, 1.82) is 0 Å². The van der Waals surface area contributed by atoms with E-state index in [0.717, 1.165) is 5.56 Å². The fraction of sp³-hybridized carbons (Fsp3) is 0.588. The van der Waals surface area contributed by atoms with Crippen molar-refractivity contribution in [2.75, 3.05) is 33.4 Å². The van der Waals surface area contributed by atoms with Crippen LogP contribution in [0.15, 0.2) is 24.3 Å². The number of methoxy groups -OCH3 is 1. The lowest BCUT2D eigenvalue weighted by Crippen LogP contribution is -2.57. The predicted octanol–water partition coefficient (Wildman–Crippen LogP) is 0.870. The quantitative estimate of drug-likeness (QED) is 0.749. The van der Waals surface area contributed by atoms with Gasteiger partial charge in [-0.25, -0.2) is 8.42 Å². The normalized spacial score (nSPS) is 32.6. The molecule has 0 radical (unpaired) electrons. The molecular weight excluding hydrogens is 380 g/mol. The molecule has 1 amide bonds. The van der Waals surface area contributed by atoms with E-state index in [0.29, 0.717) is 18.0 Å². The fourth-order valence-corrected chi connectivity index (χ4v) is 6.71. The van der Waals surface area contributed by atoms with Gasteiger partial charge < -0.3 is 14.4 Å². The van der Waals surface area contributed by atoms with Gasteiger partial charge in [-0.15, -0.1) is 0 Å². The standard InChI is InChI=1S/C17H21ClN2O5S/c1-24-9-16(21)19-8-14-6-15-17(10-19,25-14)11-20(26(15,22)23)7-12-2-4-13(18)5-3-12/h2-5,14-15H,6-11H2,1H3/t14-,15+,17+/m0/s1. The molecule has 3 atom stereocenters. The molecule has 0 aliphatic carbocycles. The van der Waals surface area contributed by atoms with Crippen molar-refractivity contribution in [2.24, 2.45) is 0 Å². The van der Waals surface area contributed by atoms with Crippen molar-refractivity contribution in [1.82, 2.24) is 9.21 Å². The van der Waals surface area contributed by atoms with Crippen molar-refractivity contribution in [2.45, 2.75) is 29.9 Å². The highest BCUT2D eigenvalue weighted by Crippen LogP contribution is 2.46. The summed E-state index contributed by atoms with van der Waals surface area (Å²) in [5.74, 6) is -0.130. The zero-order chi connectivity index (χ0) is 18.5. The Morgan fingerprint density at radius 1 is 1.35 bits per heavy atom. The van der Waals surface area contributed by atoms with Crippen LogP contribution < -0.4 is 0 Å². The molecule has 4 rings (SSSR count). The summed E-state index contributed by atoms with van der Waals surface area (Å²) in [5.41, 5.74) is 0.0198. The van der Waals surface area contributed by atoms with Gasteiger partial charge in [0, 0.05) is 31.8 Å². The van der Waals surface area contributed by atoms with Crippen molar-refractivity contribution in [3.8, 4) is 0 Å². The van der Waals surface area contributed by atoms with Gasteiger partial charge in [0.15, 0.2) is 0 Å². The van der Waals surface area contributed by atoms with Crippen molar-refractivity contribution < 1.29 is 22.7 Å². The van der Waals surface area contributed by atoms with E-state index < -0.39 is 20.9 Å². The number of hydrogen-bond donors (Lipinski definition) is 0. The number of fused-ring (bicyclic) bond motifs is 1. The molecule has 3 aliphatic rings. The van der Waals surface area contributed by atoms with Gasteiger partial charge in [0.2, 0.25) is 15.9 Å². The molecule has 7 nitrogen and oxygen atoms in total. The van der Waals surface area contributed by atoms with Crippen LogP contribution >= 0.6 is 11.6 Å². The molecule has 3 aliphatic heterocycles. The van der Waals surface area contributed by atoms with Crippen LogP contribution in [0.3, 0.4) is 0 Å². The number of morpholine rings is 1. The number of hydrogen-bond acceptors (Lipinski definition) is 5. The zero-order valence-corrected chi connectivity index (χ0v) is 16.0. The van der Waals surface area contributed by atoms with Gasteiger partial charge in [-0.05, 0) is 24.1 Å². The number of carbonyl (C=O) groups excluding carboxylic acids is 1. The van der Waals surface area contributed by atoms with Crippen molar-refractivity contribution >= 4 is 27.5 Å². The molecule has 1 aromatic carbocycles. The largest absolute Gasteiger partial charge is 0.375 e. The average molecular weight is 401 g/mol. The number of likely N-dealkylation sites (tertiary alicyclic amines) is 1. The van der Waals surface area contributed by atoms with Gasteiger partial charge >= 0.3 is 0 Å². The summed E-state index contributed by atoms with van der Waals surface area (Å²) in [6.45, 7) is 1.24. The Kier molecular flexibility index (Phi) is 4.51. The van der Waals surface area contributed by atoms with Gasteiger partial charge in [-0.3, -0.25) is 4.79 Å². The SMILES string of the molecule is COCC(=O)N1C[C@@H]2C[C@@H]3[C@@](C1)(CN(Cc1ccc(Cl)cc1)S3(=O)=O)O2. The second-order valence-electron chi connectivity index (χ2n) is 7.18. The van der Waals surface area contributed by atoms with E-state index in [1.54, 1.807) is 17.0 Å². The van der Waals surface area contributed by atoms with Crippen LogP contribution in [-0.4, -0.2) is 73.8 Å². The van der Waals surface area contributed by atoms with E-state index in [9.17, 15) is 13.2 Å². The summed E-state index contributed by atoms with van der Waals surface area (Å²) in [6.07, 6.45) is 0.193. The summed E-state index contributed by atoms with van der Waals surface area (Å²) >= 11 is 5.90. The van der Waals surface area contributed by atoms with E-state index in [1.165, 1.54) is 11.4 Å². The summed E-state index contributed by atoms with van der Waals surface area (Å²) in [5, 5.41) is 0.00638. The molecule has 9 heteroatoms. The molecule has 0 N–H and O–H groups in total. The lowest BCUT2D eigenvalue weighted by Gasteiger charge is -2.39. The van der Waals surface area contributed by atoms with E-state index in [2.05, 4.69) is 0 Å². The Bertz CT molecular complexity index is 815. The number of nitrogens with zero attached hydrogens (tertiary/aromatic N) is 2. The van der Waals surface area contributed by atoms with Crippen molar-refractivity contribution in [3.63, 3.8) is 0 Å². The lowest BCUT2D eigenvalue weighted by molar-refractivity contribution is -0.154. The number of benzene rings is 1. The fourth-order valence-electron chi connectivity index (χ4n) is 4.29. The molecule has 3 heterocycles. The number of sulfonamides is 1. The molecule has 0 unspecified atom stereocenters. The van der Waals surface area contributed by atoms with Crippen LogP contribution in [0.1, 0.15) is 12.0 Å². The van der Waals surface area contributed by atoms with Gasteiger partial charge in [-0.1, -0.05) is 23.7 Å². The average Bonchev–Trinajstić information content (AvgIpc) is 2.96. The molecule has 3 fully saturated rings. The number of carbonyl (C=O) groups is 1. The molecule has 0 saturated carbocycles. The monoisotopic (exact) mass is 400 g/mol. The minimum atomic E-state index is -3.49. The lowest BCUT2D eigenvalue weighted by atomic mass is 9.99. The molecular formula is C17H21ClN2O5S. The first-order valence-corrected chi connectivity index (χ1v) is 10.4. The van der Waals surface area contributed by atoms with Crippen LogP contribution in [0, 0.1) is 0 Å². The third kappa shape index (κ3) is 2.93. The van der Waals surface area contributed by atoms with Gasteiger partial charge in [0.1, 0.15) is 17.5 Å². The van der Waals surface area contributed by atoms with Crippen LogP contribution in [0.2, 0.25) is 5.02 Å². The molecule has 26 heavy (non-hydrogen) atoms. The zero-order valence-electron chi connectivity index (χ0n) is 14.4. The second-order valence-corrected chi connectivity index (χ2v) is 9.73.